The van der Waals surface area contributed by atoms with E-state index < -0.39 is 0 Å². The van der Waals surface area contributed by atoms with Crippen LogP contribution in [-0.2, 0) is 0 Å². The molecular formula is C4H11N3. The highest BCUT2D eigenvalue weighted by Gasteiger charge is 1.86. The van der Waals surface area contributed by atoms with E-state index in [2.05, 4.69) is 11.9 Å². The molecular weight excluding hydrogens is 90.1 g/mol. The van der Waals surface area contributed by atoms with Crippen molar-refractivity contribution >= 4 is 0 Å². The third kappa shape index (κ3) is 5.30. The Labute approximate surface area is 43.4 Å². The zero-order chi connectivity index (χ0) is 5.86. The second-order valence-corrected chi connectivity index (χ2v) is 1.46. The molecule has 0 bridgehead atoms. The highest BCUT2D eigenvalue weighted by Crippen LogP contribution is 1.68. The molecule has 0 amide bonds. The lowest BCUT2D eigenvalue weighted by Crippen LogP contribution is -2.35. The molecule has 0 radical (unpaired) electrons. The number of hydrogen-bond acceptors (Lipinski definition) is 3. The van der Waals surface area contributed by atoms with Gasteiger partial charge in [0.1, 0.15) is 0 Å². The summed E-state index contributed by atoms with van der Waals surface area (Å²) in [6.45, 7) is 5.17. The highest BCUT2D eigenvalue weighted by atomic mass is 15.1. The Morgan fingerprint density at radius 1 is 1.86 bits per heavy atom. The van der Waals surface area contributed by atoms with Crippen LogP contribution in [0.1, 0.15) is 6.92 Å². The molecule has 3 nitrogen and oxygen atoms in total. The number of nitrogens with two attached hydrogens (primary N) is 2. The maximum atomic E-state index is 5.24. The van der Waals surface area contributed by atoms with Gasteiger partial charge in [-0.3, -0.25) is 0 Å². The lowest BCUT2D eigenvalue weighted by molar-refractivity contribution is 0.637. The maximum absolute atomic E-state index is 5.24. The number of rotatable bonds is 2. The first-order valence-electron chi connectivity index (χ1n) is 2.09. The molecule has 0 spiro atoms. The van der Waals surface area contributed by atoms with Crippen LogP contribution >= 0.6 is 0 Å². The number of hydrogen-bond donors (Lipinski definition) is 3. The van der Waals surface area contributed by atoms with E-state index in [1.165, 1.54) is 0 Å². The SMILES string of the molecule is C=C(N)NC(C)N. The molecule has 0 saturated carbocycles. The molecule has 1 unspecified atom stereocenters. The molecule has 0 aliphatic carbocycles. The van der Waals surface area contributed by atoms with E-state index in [-0.39, 0.29) is 6.17 Å². The molecule has 42 valence electrons. The van der Waals surface area contributed by atoms with E-state index >= 15 is 0 Å². The van der Waals surface area contributed by atoms with Crippen LogP contribution in [0.2, 0.25) is 0 Å². The van der Waals surface area contributed by atoms with Crippen LogP contribution in [0, 0.1) is 0 Å². The Bertz CT molecular complexity index is 67.3. The first-order chi connectivity index (χ1) is 3.13. The van der Waals surface area contributed by atoms with Gasteiger partial charge >= 0.3 is 0 Å². The fourth-order valence-corrected chi connectivity index (χ4v) is 0.292. The average molecular weight is 101 g/mol. The van der Waals surface area contributed by atoms with Crippen molar-refractivity contribution in [2.24, 2.45) is 11.5 Å². The van der Waals surface area contributed by atoms with Crippen molar-refractivity contribution in [2.45, 2.75) is 13.1 Å². The molecule has 0 aromatic heterocycles. The predicted molar refractivity (Wildman–Crippen MR) is 30.1 cm³/mol. The molecule has 5 N–H and O–H groups in total. The van der Waals surface area contributed by atoms with E-state index in [1.54, 1.807) is 6.92 Å². The van der Waals surface area contributed by atoms with Gasteiger partial charge in [-0.2, -0.15) is 0 Å². The standard InChI is InChI=1S/C4H11N3/c1-3(5)7-4(2)6/h4,7H,1,5-6H2,2H3. The van der Waals surface area contributed by atoms with Crippen molar-refractivity contribution < 1.29 is 0 Å². The van der Waals surface area contributed by atoms with Gasteiger partial charge in [-0.15, -0.1) is 0 Å². The summed E-state index contributed by atoms with van der Waals surface area (Å²) >= 11 is 0. The Kier molecular flexibility index (Phi) is 2.22. The largest absolute Gasteiger partial charge is 0.386 e. The molecule has 3 heteroatoms. The van der Waals surface area contributed by atoms with Crippen LogP contribution in [0.15, 0.2) is 12.4 Å². The summed E-state index contributed by atoms with van der Waals surface area (Å²) in [5, 5.41) is 2.67. The summed E-state index contributed by atoms with van der Waals surface area (Å²) < 4.78 is 0. The topological polar surface area (TPSA) is 64.1 Å². The van der Waals surface area contributed by atoms with Crippen LogP contribution in [0.25, 0.3) is 0 Å². The van der Waals surface area contributed by atoms with Crippen LogP contribution in [0.3, 0.4) is 0 Å². The van der Waals surface area contributed by atoms with Gasteiger partial charge in [-0.05, 0) is 6.92 Å². The van der Waals surface area contributed by atoms with E-state index in [4.69, 9.17) is 11.5 Å². The Morgan fingerprint density at radius 2 is 2.29 bits per heavy atom. The third-order valence-electron chi connectivity index (χ3n) is 0.413. The summed E-state index contributed by atoms with van der Waals surface area (Å²) in [7, 11) is 0. The second kappa shape index (κ2) is 2.47. The van der Waals surface area contributed by atoms with Crippen molar-refractivity contribution in [1.29, 1.82) is 0 Å². The smallest absolute Gasteiger partial charge is 0.0897 e. The maximum Gasteiger partial charge on any atom is 0.0897 e. The van der Waals surface area contributed by atoms with Crippen LogP contribution in [0.5, 0.6) is 0 Å². The first-order valence-corrected chi connectivity index (χ1v) is 2.09. The molecule has 1 atom stereocenters. The van der Waals surface area contributed by atoms with Crippen molar-refractivity contribution in [3.63, 3.8) is 0 Å². The molecule has 7 heavy (non-hydrogen) atoms. The lowest BCUT2D eigenvalue weighted by Gasteiger charge is -2.06. The molecule has 0 rings (SSSR count). The quantitative estimate of drug-likeness (QED) is 0.403. The van der Waals surface area contributed by atoms with Crippen molar-refractivity contribution in [2.75, 3.05) is 0 Å². The van der Waals surface area contributed by atoms with Gasteiger partial charge in [0.15, 0.2) is 0 Å². The van der Waals surface area contributed by atoms with E-state index in [0.29, 0.717) is 5.82 Å². The minimum absolute atomic E-state index is 0.0995. The Balaban J connectivity index is 3.13. The summed E-state index contributed by atoms with van der Waals surface area (Å²) in [5.74, 6) is 0.412. The summed E-state index contributed by atoms with van der Waals surface area (Å²) in [4.78, 5) is 0. The number of nitrogens with one attached hydrogen (secondary N) is 1. The first kappa shape index (κ1) is 6.30. The summed E-state index contributed by atoms with van der Waals surface area (Å²) in [5.41, 5.74) is 10.3. The minimum Gasteiger partial charge on any atom is -0.386 e. The van der Waals surface area contributed by atoms with Crippen molar-refractivity contribution in [1.82, 2.24) is 5.32 Å². The average Bonchev–Trinajstić information content (AvgIpc) is 1.27. The van der Waals surface area contributed by atoms with Gasteiger partial charge in [0.2, 0.25) is 0 Å². The normalized spacial score (nSPS) is 12.9. The van der Waals surface area contributed by atoms with Gasteiger partial charge in [-0.25, -0.2) is 0 Å². The molecule has 0 heterocycles. The zero-order valence-electron chi connectivity index (χ0n) is 4.44. The van der Waals surface area contributed by atoms with Gasteiger partial charge in [0.05, 0.1) is 12.0 Å². The predicted octanol–water partition coefficient (Wildman–Crippen LogP) is -0.689. The van der Waals surface area contributed by atoms with Gasteiger partial charge in [0, 0.05) is 0 Å². The van der Waals surface area contributed by atoms with Crippen LogP contribution < -0.4 is 16.8 Å². The van der Waals surface area contributed by atoms with Gasteiger partial charge in [-0.1, -0.05) is 6.58 Å². The molecule has 0 aromatic rings. The molecule has 0 aromatic carbocycles. The second-order valence-electron chi connectivity index (χ2n) is 1.46. The fraction of sp³-hybridized carbons (Fsp3) is 0.500. The molecule has 0 fully saturated rings. The van der Waals surface area contributed by atoms with E-state index in [1.807, 2.05) is 0 Å². The molecule has 0 aliphatic rings. The fourth-order valence-electron chi connectivity index (χ4n) is 0.292. The van der Waals surface area contributed by atoms with Crippen molar-refractivity contribution in [3.05, 3.63) is 12.4 Å². The van der Waals surface area contributed by atoms with E-state index in [0.717, 1.165) is 0 Å². The summed E-state index contributed by atoms with van der Waals surface area (Å²) in [6.07, 6.45) is -0.0995. The Morgan fingerprint density at radius 3 is 2.29 bits per heavy atom. The molecule has 0 saturated heterocycles. The third-order valence-corrected chi connectivity index (χ3v) is 0.413. The highest BCUT2D eigenvalue weighted by molar-refractivity contribution is 4.82. The summed E-state index contributed by atoms with van der Waals surface area (Å²) in [6, 6.07) is 0. The van der Waals surface area contributed by atoms with Crippen LogP contribution in [-0.4, -0.2) is 6.17 Å². The Hall–Kier alpha value is -0.700. The van der Waals surface area contributed by atoms with Gasteiger partial charge in [0.25, 0.3) is 0 Å². The van der Waals surface area contributed by atoms with Crippen LogP contribution in [0.4, 0.5) is 0 Å². The van der Waals surface area contributed by atoms with Gasteiger partial charge < -0.3 is 16.8 Å². The van der Waals surface area contributed by atoms with E-state index in [9.17, 15) is 0 Å². The minimum atomic E-state index is -0.0995. The lowest BCUT2D eigenvalue weighted by atomic mass is 10.6. The monoisotopic (exact) mass is 101 g/mol. The van der Waals surface area contributed by atoms with Crippen molar-refractivity contribution in [3.8, 4) is 0 Å². The molecule has 0 aliphatic heterocycles. The zero-order valence-corrected chi connectivity index (χ0v) is 4.44.